The van der Waals surface area contributed by atoms with Gasteiger partial charge in [-0.05, 0) is 25.1 Å². The summed E-state index contributed by atoms with van der Waals surface area (Å²) in [6, 6.07) is 3.41. The van der Waals surface area contributed by atoms with Gasteiger partial charge >= 0.3 is 0 Å². The Morgan fingerprint density at radius 3 is 2.69 bits per heavy atom. The minimum absolute atomic E-state index is 0.00893. The molecule has 2 N–H and O–H groups in total. The summed E-state index contributed by atoms with van der Waals surface area (Å²) in [5.74, 6) is 0.653. The van der Waals surface area contributed by atoms with Crippen molar-refractivity contribution in [2.45, 2.75) is 19.8 Å². The smallest absolute Gasteiger partial charge is 0.164 e. The Hall–Kier alpha value is -1.06. The lowest BCUT2D eigenvalue weighted by atomic mass is 10.0. The number of methoxy groups -OCH3 is 1. The molecule has 88 valence electrons. The average molecular weight is 242 g/mol. The molecular weight excluding hydrogens is 226 g/mol. The monoisotopic (exact) mass is 241 g/mol. The van der Waals surface area contributed by atoms with Crippen LogP contribution in [0, 0.1) is 0 Å². The highest BCUT2D eigenvalue weighted by atomic mass is 35.5. The first-order chi connectivity index (χ1) is 7.63. The van der Waals surface area contributed by atoms with Crippen LogP contribution < -0.4 is 10.5 Å². The summed E-state index contributed by atoms with van der Waals surface area (Å²) >= 11 is 6.09. The Kier molecular flexibility index (Phi) is 4.77. The van der Waals surface area contributed by atoms with Crippen LogP contribution in [0.15, 0.2) is 12.1 Å². The van der Waals surface area contributed by atoms with Crippen LogP contribution in [-0.4, -0.2) is 19.4 Å². The Labute approximate surface area is 101 Å². The first-order valence-electron chi connectivity index (χ1n) is 5.23. The lowest BCUT2D eigenvalue weighted by Gasteiger charge is -2.11. The zero-order chi connectivity index (χ0) is 12.1. The van der Waals surface area contributed by atoms with E-state index in [-0.39, 0.29) is 5.78 Å². The van der Waals surface area contributed by atoms with Crippen molar-refractivity contribution in [1.29, 1.82) is 0 Å². The summed E-state index contributed by atoms with van der Waals surface area (Å²) in [7, 11) is 1.57. The van der Waals surface area contributed by atoms with Gasteiger partial charge in [-0.1, -0.05) is 18.5 Å². The van der Waals surface area contributed by atoms with Gasteiger partial charge < -0.3 is 10.5 Å². The van der Waals surface area contributed by atoms with Gasteiger partial charge in [0.1, 0.15) is 5.75 Å². The second-order valence-electron chi connectivity index (χ2n) is 3.45. The summed E-state index contributed by atoms with van der Waals surface area (Å²) in [6.45, 7) is 2.33. The summed E-state index contributed by atoms with van der Waals surface area (Å²) in [5, 5.41) is 0.572. The standard InChI is InChI=1S/C12H16ClNO2/c1-3-9-10(13)6-8(7-12(9)16-2)11(15)4-5-14/h6-7H,3-5,14H2,1-2H3. The Bertz CT molecular complexity index is 391. The molecule has 0 aliphatic heterocycles. The maximum atomic E-state index is 11.7. The van der Waals surface area contributed by atoms with E-state index in [1.807, 2.05) is 6.92 Å². The SMILES string of the molecule is CCc1c(Cl)cc(C(=O)CCN)cc1OC. The van der Waals surface area contributed by atoms with Gasteiger partial charge in [0, 0.05) is 22.6 Å². The number of nitrogens with two attached hydrogens (primary N) is 1. The van der Waals surface area contributed by atoms with Crippen molar-refractivity contribution < 1.29 is 9.53 Å². The largest absolute Gasteiger partial charge is 0.496 e. The molecule has 0 unspecified atom stereocenters. The van der Waals surface area contributed by atoms with Crippen LogP contribution in [0.4, 0.5) is 0 Å². The average Bonchev–Trinajstić information content (AvgIpc) is 2.28. The highest BCUT2D eigenvalue weighted by molar-refractivity contribution is 6.32. The van der Waals surface area contributed by atoms with Crippen molar-refractivity contribution in [3.8, 4) is 5.75 Å². The molecule has 0 radical (unpaired) electrons. The topological polar surface area (TPSA) is 52.3 Å². The molecule has 0 bridgehead atoms. The van der Waals surface area contributed by atoms with Gasteiger partial charge in [0.25, 0.3) is 0 Å². The summed E-state index contributed by atoms with van der Waals surface area (Å²) in [5.41, 5.74) is 6.83. The van der Waals surface area contributed by atoms with Gasteiger partial charge in [-0.2, -0.15) is 0 Å². The van der Waals surface area contributed by atoms with E-state index in [0.717, 1.165) is 12.0 Å². The number of carbonyl (C=O) groups is 1. The predicted octanol–water partition coefficient (Wildman–Crippen LogP) is 2.44. The molecule has 0 saturated heterocycles. The number of Topliss-reactive ketones (excluding diaryl/α,β-unsaturated/α-hetero) is 1. The lowest BCUT2D eigenvalue weighted by molar-refractivity contribution is 0.0985. The van der Waals surface area contributed by atoms with Crippen molar-refractivity contribution >= 4 is 17.4 Å². The molecule has 0 amide bonds. The molecule has 0 heterocycles. The lowest BCUT2D eigenvalue weighted by Crippen LogP contribution is -2.08. The van der Waals surface area contributed by atoms with Crippen LogP contribution in [0.5, 0.6) is 5.75 Å². The van der Waals surface area contributed by atoms with Gasteiger partial charge in [0.05, 0.1) is 7.11 Å². The number of ketones is 1. The fourth-order valence-electron chi connectivity index (χ4n) is 1.57. The maximum absolute atomic E-state index is 11.7. The zero-order valence-electron chi connectivity index (χ0n) is 9.55. The normalized spacial score (nSPS) is 10.2. The molecule has 0 spiro atoms. The van der Waals surface area contributed by atoms with Crippen LogP contribution >= 0.6 is 11.6 Å². The third-order valence-electron chi connectivity index (χ3n) is 2.42. The molecule has 0 atom stereocenters. The molecule has 0 aromatic heterocycles. The Morgan fingerprint density at radius 2 is 2.19 bits per heavy atom. The van der Waals surface area contributed by atoms with Crippen LogP contribution in [0.25, 0.3) is 0 Å². The first kappa shape index (κ1) is 13.0. The number of hydrogen-bond acceptors (Lipinski definition) is 3. The molecule has 1 aromatic carbocycles. The minimum atomic E-state index is -0.00893. The van der Waals surface area contributed by atoms with Gasteiger partial charge in [-0.15, -0.1) is 0 Å². The molecule has 4 heteroatoms. The van der Waals surface area contributed by atoms with E-state index in [0.29, 0.717) is 29.3 Å². The second-order valence-corrected chi connectivity index (χ2v) is 3.86. The third kappa shape index (κ3) is 2.74. The fourth-order valence-corrected chi connectivity index (χ4v) is 1.92. The molecule has 1 rings (SSSR count). The van der Waals surface area contributed by atoms with Gasteiger partial charge in [-0.3, -0.25) is 4.79 Å². The van der Waals surface area contributed by atoms with Crippen LogP contribution in [0.2, 0.25) is 5.02 Å². The molecular formula is C12H16ClNO2. The fraction of sp³-hybridized carbons (Fsp3) is 0.417. The van der Waals surface area contributed by atoms with Gasteiger partial charge in [0.2, 0.25) is 0 Å². The van der Waals surface area contributed by atoms with E-state index in [9.17, 15) is 4.79 Å². The van der Waals surface area contributed by atoms with Crippen LogP contribution in [0.3, 0.4) is 0 Å². The van der Waals surface area contributed by atoms with Gasteiger partial charge in [-0.25, -0.2) is 0 Å². The number of rotatable bonds is 5. The summed E-state index contributed by atoms with van der Waals surface area (Å²) in [4.78, 5) is 11.7. The molecule has 0 fully saturated rings. The number of carbonyl (C=O) groups excluding carboxylic acids is 1. The molecule has 0 aliphatic carbocycles. The van der Waals surface area contributed by atoms with E-state index in [1.165, 1.54) is 0 Å². The van der Waals surface area contributed by atoms with E-state index < -0.39 is 0 Å². The highest BCUT2D eigenvalue weighted by Gasteiger charge is 2.12. The van der Waals surface area contributed by atoms with Crippen molar-refractivity contribution in [1.82, 2.24) is 0 Å². The van der Waals surface area contributed by atoms with E-state index >= 15 is 0 Å². The first-order valence-corrected chi connectivity index (χ1v) is 5.61. The quantitative estimate of drug-likeness (QED) is 0.806. The van der Waals surface area contributed by atoms with Crippen LogP contribution in [-0.2, 0) is 6.42 Å². The van der Waals surface area contributed by atoms with Crippen LogP contribution in [0.1, 0.15) is 29.3 Å². The number of ether oxygens (including phenoxy) is 1. The van der Waals surface area contributed by atoms with Crippen molar-refractivity contribution in [2.75, 3.05) is 13.7 Å². The molecule has 0 aliphatic rings. The highest BCUT2D eigenvalue weighted by Crippen LogP contribution is 2.29. The van der Waals surface area contributed by atoms with Crippen molar-refractivity contribution in [3.63, 3.8) is 0 Å². The molecule has 16 heavy (non-hydrogen) atoms. The van der Waals surface area contributed by atoms with E-state index in [4.69, 9.17) is 22.1 Å². The second kappa shape index (κ2) is 5.87. The Balaban J connectivity index is 3.15. The van der Waals surface area contributed by atoms with Gasteiger partial charge in [0.15, 0.2) is 5.78 Å². The predicted molar refractivity (Wildman–Crippen MR) is 65.4 cm³/mol. The third-order valence-corrected chi connectivity index (χ3v) is 2.76. The van der Waals surface area contributed by atoms with Crippen molar-refractivity contribution in [2.24, 2.45) is 5.73 Å². The molecule has 3 nitrogen and oxygen atoms in total. The number of benzene rings is 1. The number of hydrogen-bond donors (Lipinski definition) is 1. The number of halogens is 1. The maximum Gasteiger partial charge on any atom is 0.164 e. The van der Waals surface area contributed by atoms with Crippen molar-refractivity contribution in [3.05, 3.63) is 28.3 Å². The summed E-state index contributed by atoms with van der Waals surface area (Å²) in [6.07, 6.45) is 1.10. The molecule has 1 aromatic rings. The van der Waals surface area contributed by atoms with E-state index in [1.54, 1.807) is 19.2 Å². The zero-order valence-corrected chi connectivity index (χ0v) is 10.3. The summed E-state index contributed by atoms with van der Waals surface area (Å²) < 4.78 is 5.22. The minimum Gasteiger partial charge on any atom is -0.496 e. The molecule has 0 saturated carbocycles. The van der Waals surface area contributed by atoms with E-state index in [2.05, 4.69) is 0 Å². The Morgan fingerprint density at radius 1 is 1.50 bits per heavy atom.